The number of carbonyl (C=O) groups is 2. The minimum atomic E-state index is 0.0675. The van der Waals surface area contributed by atoms with Crippen molar-refractivity contribution in [2.24, 2.45) is 0 Å². The number of hydrogen-bond acceptors (Lipinski definition) is 2. The highest BCUT2D eigenvalue weighted by Crippen LogP contribution is 2.28. The molecule has 0 spiro atoms. The van der Waals surface area contributed by atoms with Gasteiger partial charge in [0, 0.05) is 29.2 Å². The van der Waals surface area contributed by atoms with Crippen molar-refractivity contribution in [3.05, 3.63) is 63.6 Å². The molecule has 2 aromatic carbocycles. The molecule has 0 aromatic heterocycles. The molecule has 0 radical (unpaired) electrons. The summed E-state index contributed by atoms with van der Waals surface area (Å²) in [4.78, 5) is 25.7. The van der Waals surface area contributed by atoms with Crippen LogP contribution in [-0.4, -0.2) is 18.7 Å². The highest BCUT2D eigenvalue weighted by Gasteiger charge is 2.24. The number of rotatable bonds is 3. The Hall–Kier alpha value is -1.94. The van der Waals surface area contributed by atoms with E-state index in [2.05, 4.69) is 15.9 Å². The molecule has 4 heteroatoms. The SMILES string of the molecule is CN1C(=O)Cc2cc(C(=O)Cc3cccc(Br)c3)ccc21. The first-order valence-electron chi connectivity index (χ1n) is 6.72. The number of Topliss-reactive ketones (excluding diaryl/α,β-unsaturated/α-hetero) is 1. The van der Waals surface area contributed by atoms with Crippen LogP contribution in [0.4, 0.5) is 5.69 Å². The van der Waals surface area contributed by atoms with Gasteiger partial charge in [0.2, 0.25) is 5.91 Å². The predicted molar refractivity (Wildman–Crippen MR) is 85.7 cm³/mol. The molecule has 1 aliphatic heterocycles. The van der Waals surface area contributed by atoms with E-state index in [1.165, 1.54) is 0 Å². The Morgan fingerprint density at radius 1 is 1.24 bits per heavy atom. The molecular formula is C17H14BrNO2. The fourth-order valence-electron chi connectivity index (χ4n) is 2.58. The molecule has 1 heterocycles. The van der Waals surface area contributed by atoms with Crippen LogP contribution < -0.4 is 4.90 Å². The molecule has 2 aromatic rings. The van der Waals surface area contributed by atoms with Crippen molar-refractivity contribution < 1.29 is 9.59 Å². The molecule has 0 fully saturated rings. The maximum atomic E-state index is 12.4. The molecule has 0 saturated carbocycles. The lowest BCUT2D eigenvalue weighted by Gasteiger charge is -2.10. The van der Waals surface area contributed by atoms with Crippen LogP contribution in [0.5, 0.6) is 0 Å². The maximum absolute atomic E-state index is 12.4. The Morgan fingerprint density at radius 3 is 2.81 bits per heavy atom. The molecule has 0 N–H and O–H groups in total. The van der Waals surface area contributed by atoms with Gasteiger partial charge in [-0.05, 0) is 41.5 Å². The van der Waals surface area contributed by atoms with Crippen molar-refractivity contribution in [1.29, 1.82) is 0 Å². The number of benzene rings is 2. The van der Waals surface area contributed by atoms with Gasteiger partial charge in [0.25, 0.3) is 0 Å². The smallest absolute Gasteiger partial charge is 0.231 e. The third kappa shape index (κ3) is 2.76. The molecule has 1 amide bonds. The Balaban J connectivity index is 1.83. The van der Waals surface area contributed by atoms with E-state index in [-0.39, 0.29) is 11.7 Å². The molecule has 3 nitrogen and oxygen atoms in total. The first kappa shape index (κ1) is 14.0. The lowest BCUT2D eigenvalue weighted by Crippen LogP contribution is -2.20. The third-order valence-electron chi connectivity index (χ3n) is 3.73. The minimum Gasteiger partial charge on any atom is -0.315 e. The van der Waals surface area contributed by atoms with Crippen LogP contribution in [-0.2, 0) is 17.6 Å². The first-order chi connectivity index (χ1) is 10.0. The van der Waals surface area contributed by atoms with Gasteiger partial charge in [-0.25, -0.2) is 0 Å². The Bertz CT molecular complexity index is 739. The van der Waals surface area contributed by atoms with E-state index in [4.69, 9.17) is 0 Å². The fourth-order valence-corrected chi connectivity index (χ4v) is 3.02. The van der Waals surface area contributed by atoms with E-state index in [9.17, 15) is 9.59 Å². The molecule has 0 saturated heterocycles. The van der Waals surface area contributed by atoms with Gasteiger partial charge >= 0.3 is 0 Å². The summed E-state index contributed by atoms with van der Waals surface area (Å²) in [5, 5.41) is 0. The van der Waals surface area contributed by atoms with Gasteiger partial charge in [-0.1, -0.05) is 28.1 Å². The summed E-state index contributed by atoms with van der Waals surface area (Å²) in [7, 11) is 1.76. The maximum Gasteiger partial charge on any atom is 0.231 e. The molecule has 0 aliphatic carbocycles. The van der Waals surface area contributed by atoms with E-state index < -0.39 is 0 Å². The van der Waals surface area contributed by atoms with Gasteiger partial charge in [-0.3, -0.25) is 9.59 Å². The molecule has 0 bridgehead atoms. The van der Waals surface area contributed by atoms with Crippen LogP contribution in [0.25, 0.3) is 0 Å². The Labute approximate surface area is 131 Å². The van der Waals surface area contributed by atoms with Crippen molar-refractivity contribution in [2.45, 2.75) is 12.8 Å². The zero-order valence-corrected chi connectivity index (χ0v) is 13.2. The first-order valence-corrected chi connectivity index (χ1v) is 7.51. The van der Waals surface area contributed by atoms with Crippen molar-refractivity contribution in [1.82, 2.24) is 0 Å². The van der Waals surface area contributed by atoms with Crippen LogP contribution in [0.1, 0.15) is 21.5 Å². The molecule has 21 heavy (non-hydrogen) atoms. The summed E-state index contributed by atoms with van der Waals surface area (Å²) in [5.74, 6) is 0.138. The number of ketones is 1. The normalized spacial score (nSPS) is 13.4. The largest absolute Gasteiger partial charge is 0.315 e. The topological polar surface area (TPSA) is 37.4 Å². The zero-order valence-electron chi connectivity index (χ0n) is 11.6. The van der Waals surface area contributed by atoms with Crippen LogP contribution in [0.15, 0.2) is 46.9 Å². The molecule has 106 valence electrons. The summed E-state index contributed by atoms with van der Waals surface area (Å²) in [6, 6.07) is 13.2. The Morgan fingerprint density at radius 2 is 2.05 bits per heavy atom. The van der Waals surface area contributed by atoms with Crippen LogP contribution in [0.2, 0.25) is 0 Å². The highest BCUT2D eigenvalue weighted by atomic mass is 79.9. The van der Waals surface area contributed by atoms with Gasteiger partial charge in [-0.15, -0.1) is 0 Å². The van der Waals surface area contributed by atoms with Crippen molar-refractivity contribution in [3.63, 3.8) is 0 Å². The number of carbonyl (C=O) groups excluding carboxylic acids is 2. The summed E-state index contributed by atoms with van der Waals surface area (Å²) in [6.07, 6.45) is 0.742. The monoisotopic (exact) mass is 343 g/mol. The van der Waals surface area contributed by atoms with Gasteiger partial charge in [0.1, 0.15) is 0 Å². The van der Waals surface area contributed by atoms with Gasteiger partial charge in [0.15, 0.2) is 5.78 Å². The van der Waals surface area contributed by atoms with E-state index >= 15 is 0 Å². The second kappa shape index (κ2) is 5.45. The highest BCUT2D eigenvalue weighted by molar-refractivity contribution is 9.10. The van der Waals surface area contributed by atoms with Crippen LogP contribution in [0, 0.1) is 0 Å². The molecule has 1 aliphatic rings. The Kier molecular flexibility index (Phi) is 3.64. The summed E-state index contributed by atoms with van der Waals surface area (Å²) in [5.41, 5.74) is 3.47. The van der Waals surface area contributed by atoms with Crippen LogP contribution >= 0.6 is 15.9 Å². The van der Waals surface area contributed by atoms with Crippen molar-refractivity contribution >= 4 is 33.3 Å². The zero-order chi connectivity index (χ0) is 15.0. The van der Waals surface area contributed by atoms with Gasteiger partial charge < -0.3 is 4.90 Å². The average molecular weight is 344 g/mol. The number of nitrogens with zero attached hydrogens (tertiary/aromatic N) is 1. The summed E-state index contributed by atoms with van der Waals surface area (Å²) in [6.45, 7) is 0. The number of hydrogen-bond donors (Lipinski definition) is 0. The number of likely N-dealkylation sites (N-methyl/N-ethyl adjacent to an activating group) is 1. The molecule has 0 unspecified atom stereocenters. The number of amides is 1. The van der Waals surface area contributed by atoms with E-state index in [0.29, 0.717) is 18.4 Å². The average Bonchev–Trinajstić information content (AvgIpc) is 2.73. The molecule has 0 atom stereocenters. The van der Waals surface area contributed by atoms with E-state index in [1.807, 2.05) is 36.4 Å². The third-order valence-corrected chi connectivity index (χ3v) is 4.23. The van der Waals surface area contributed by atoms with E-state index in [1.54, 1.807) is 18.0 Å². The lowest BCUT2D eigenvalue weighted by atomic mass is 10.0. The number of fused-ring (bicyclic) bond motifs is 1. The second-order valence-corrected chi connectivity index (χ2v) is 6.12. The van der Waals surface area contributed by atoms with Gasteiger partial charge in [0.05, 0.1) is 6.42 Å². The fraction of sp³-hybridized carbons (Fsp3) is 0.176. The summed E-state index contributed by atoms with van der Waals surface area (Å²) < 4.78 is 0.967. The minimum absolute atomic E-state index is 0.0675. The van der Waals surface area contributed by atoms with Crippen molar-refractivity contribution in [3.8, 4) is 0 Å². The standard InChI is InChI=1S/C17H14BrNO2/c1-19-15-6-5-12(9-13(15)10-17(19)21)16(20)8-11-3-2-4-14(18)7-11/h2-7,9H,8,10H2,1H3. The van der Waals surface area contributed by atoms with Crippen LogP contribution in [0.3, 0.4) is 0 Å². The number of anilines is 1. The molecular weight excluding hydrogens is 330 g/mol. The van der Waals surface area contributed by atoms with Crippen molar-refractivity contribution in [2.75, 3.05) is 11.9 Å². The summed E-state index contributed by atoms with van der Waals surface area (Å²) >= 11 is 3.41. The number of halogens is 1. The quantitative estimate of drug-likeness (QED) is 0.801. The van der Waals surface area contributed by atoms with Gasteiger partial charge in [-0.2, -0.15) is 0 Å². The molecule has 3 rings (SSSR count). The predicted octanol–water partition coefficient (Wildman–Crippen LogP) is 3.39. The lowest BCUT2D eigenvalue weighted by molar-refractivity contribution is -0.117. The second-order valence-electron chi connectivity index (χ2n) is 5.20. The van der Waals surface area contributed by atoms with E-state index in [0.717, 1.165) is 21.3 Å².